The van der Waals surface area contributed by atoms with Gasteiger partial charge in [0.05, 0.1) is 11.4 Å². The molecule has 0 aliphatic carbocycles. The molecule has 9 heteroatoms. The van der Waals surface area contributed by atoms with Crippen LogP contribution in [0.1, 0.15) is 78.1 Å². The topological polar surface area (TPSA) is 127 Å². The average molecular weight is 635 g/mol. The zero-order valence-electron chi connectivity index (χ0n) is 28.4. The first-order valence-electron chi connectivity index (χ1n) is 16.2. The van der Waals surface area contributed by atoms with Gasteiger partial charge in [0.2, 0.25) is 5.91 Å². The van der Waals surface area contributed by atoms with Crippen LogP contribution in [0.3, 0.4) is 0 Å². The van der Waals surface area contributed by atoms with Crippen LogP contribution < -0.4 is 5.32 Å². The van der Waals surface area contributed by atoms with Gasteiger partial charge in [-0.05, 0) is 94.2 Å². The number of nitrogens with one attached hydrogen (secondary N) is 3. The Balaban J connectivity index is 1.77. The van der Waals surface area contributed by atoms with Crippen molar-refractivity contribution < 1.29 is 14.7 Å². The van der Waals surface area contributed by atoms with Crippen LogP contribution in [0.5, 0.6) is 0 Å². The number of rotatable bonds is 11. The summed E-state index contributed by atoms with van der Waals surface area (Å²) >= 11 is 0. The van der Waals surface area contributed by atoms with E-state index in [0.717, 1.165) is 84.8 Å². The number of amides is 1. The van der Waals surface area contributed by atoms with Crippen LogP contribution in [-0.4, -0.2) is 69.0 Å². The van der Waals surface area contributed by atoms with Gasteiger partial charge < -0.3 is 25.3 Å². The summed E-state index contributed by atoms with van der Waals surface area (Å²) in [5.74, 6) is -0.820. The zero-order chi connectivity index (χ0) is 34.0. The summed E-state index contributed by atoms with van der Waals surface area (Å²) in [5, 5.41) is 12.6. The molecule has 47 heavy (non-hydrogen) atoms. The number of aliphatic carboxylic acids is 1. The predicted molar refractivity (Wildman–Crippen MR) is 191 cm³/mol. The molecule has 1 unspecified atom stereocenters. The van der Waals surface area contributed by atoms with Gasteiger partial charge in [-0.15, -0.1) is 0 Å². The fourth-order valence-electron chi connectivity index (χ4n) is 6.59. The lowest BCUT2D eigenvalue weighted by molar-refractivity contribution is -0.137. The van der Waals surface area contributed by atoms with Gasteiger partial charge >= 0.3 is 5.97 Å². The number of likely N-dealkylation sites (N-methyl/N-ethyl adjacent to an activating group) is 1. The number of aryl methyl sites for hydroxylation is 3. The maximum atomic E-state index is 12.8. The number of carbonyl (C=O) groups excluding carboxylic acids is 1. The highest BCUT2D eigenvalue weighted by molar-refractivity contribution is 5.97. The molecule has 0 saturated carbocycles. The smallest absolute Gasteiger partial charge is 0.303 e. The van der Waals surface area contributed by atoms with Crippen LogP contribution in [0.25, 0.3) is 39.3 Å². The van der Waals surface area contributed by atoms with E-state index in [-0.39, 0.29) is 12.3 Å². The first kappa shape index (κ1) is 33.6. The molecule has 1 atom stereocenters. The Labute approximate surface area is 276 Å². The van der Waals surface area contributed by atoms with E-state index in [9.17, 15) is 14.7 Å². The predicted octanol–water partition coefficient (Wildman–Crippen LogP) is 6.67. The van der Waals surface area contributed by atoms with Gasteiger partial charge in [0.1, 0.15) is 0 Å². The molecule has 2 aliphatic rings. The van der Waals surface area contributed by atoms with Crippen LogP contribution in [0.2, 0.25) is 0 Å². The van der Waals surface area contributed by atoms with Crippen molar-refractivity contribution >= 4 is 51.2 Å². The van der Waals surface area contributed by atoms with Gasteiger partial charge in [-0.2, -0.15) is 0 Å². The van der Waals surface area contributed by atoms with Crippen molar-refractivity contribution in [1.82, 2.24) is 30.2 Å². The monoisotopic (exact) mass is 634 g/mol. The second-order valence-corrected chi connectivity index (χ2v) is 13.2. The van der Waals surface area contributed by atoms with E-state index < -0.39 is 11.4 Å². The summed E-state index contributed by atoms with van der Waals surface area (Å²) in [4.78, 5) is 43.9. The van der Waals surface area contributed by atoms with Crippen LogP contribution in [0.4, 0.5) is 0 Å². The number of nitrogens with zero attached hydrogens (tertiary/aromatic N) is 3. The molecule has 0 aromatic carbocycles. The fraction of sp³-hybridized carbons (Fsp3) is 0.368. The van der Waals surface area contributed by atoms with Gasteiger partial charge in [0.25, 0.3) is 0 Å². The average Bonchev–Trinajstić information content (AvgIpc) is 3.67. The summed E-state index contributed by atoms with van der Waals surface area (Å²) < 4.78 is 0. The molecule has 1 amide bonds. The van der Waals surface area contributed by atoms with Gasteiger partial charge in [-0.1, -0.05) is 32.2 Å². The molecule has 0 spiro atoms. The van der Waals surface area contributed by atoms with E-state index in [2.05, 4.69) is 74.3 Å². The lowest BCUT2D eigenvalue weighted by Gasteiger charge is -2.22. The van der Waals surface area contributed by atoms with Crippen molar-refractivity contribution in [2.45, 2.75) is 65.2 Å². The van der Waals surface area contributed by atoms with Crippen molar-refractivity contribution in [3.05, 3.63) is 88.5 Å². The molecule has 5 heterocycles. The van der Waals surface area contributed by atoms with E-state index in [1.54, 1.807) is 0 Å². The summed E-state index contributed by atoms with van der Waals surface area (Å²) in [6.45, 7) is 17.8. The second-order valence-electron chi connectivity index (χ2n) is 13.2. The quantitative estimate of drug-likeness (QED) is 0.187. The third-order valence-electron chi connectivity index (χ3n) is 9.51. The van der Waals surface area contributed by atoms with Crippen molar-refractivity contribution in [2.75, 3.05) is 27.2 Å². The molecule has 8 bridgehead atoms. The van der Waals surface area contributed by atoms with E-state index in [1.807, 2.05) is 37.2 Å². The molecule has 2 aliphatic heterocycles. The second kappa shape index (κ2) is 13.5. The Morgan fingerprint density at radius 2 is 1.66 bits per heavy atom. The standard InChI is InChI=1S/C38H46N6O3/c1-9-26-22(3)29-18-34-27(10-2)23(4)31(43-34)20-35-38(6,14-13-37(46)47)21-25(40-35)17-32-28(11-12-36(45)39-15-16-44(7)8)24(5)30(41-32)19-33(26)42-29/h9-10,17-20,41,43H,1-2,11-16,21H2,3-8H3,(H,39,45)(H,46,47). The minimum Gasteiger partial charge on any atom is -0.481 e. The number of fused-ring (bicyclic) bond motifs is 8. The van der Waals surface area contributed by atoms with E-state index in [0.29, 0.717) is 32.2 Å². The molecular formula is C38H46N6O3. The molecular weight excluding hydrogens is 588 g/mol. The van der Waals surface area contributed by atoms with Crippen LogP contribution >= 0.6 is 0 Å². The zero-order valence-corrected chi connectivity index (χ0v) is 28.4. The lowest BCUT2D eigenvalue weighted by Crippen LogP contribution is -2.31. The van der Waals surface area contributed by atoms with Crippen LogP contribution in [0, 0.1) is 13.8 Å². The number of hydrogen-bond acceptors (Lipinski definition) is 5. The van der Waals surface area contributed by atoms with Gasteiger partial charge in [0, 0.05) is 82.4 Å². The highest BCUT2D eigenvalue weighted by atomic mass is 16.4. The molecule has 3 aromatic rings. The number of carbonyl (C=O) groups is 2. The third-order valence-corrected chi connectivity index (χ3v) is 9.51. The van der Waals surface area contributed by atoms with Crippen molar-refractivity contribution in [3.63, 3.8) is 0 Å². The van der Waals surface area contributed by atoms with E-state index in [1.165, 1.54) is 0 Å². The SMILES string of the molecule is C=CC1=C(C)c2cc3[nH]c(cc4nc(cc5[nH]c(cc1n2)c(C)c5CCC(=O)NCCN(C)C)CC4(C)CCC(=O)O)c(C)c3C=C. The number of H-pyrrole nitrogens is 2. The molecule has 9 nitrogen and oxygen atoms in total. The minimum absolute atomic E-state index is 0.00818. The summed E-state index contributed by atoms with van der Waals surface area (Å²) in [7, 11) is 3.96. The molecule has 0 radical (unpaired) electrons. The first-order valence-corrected chi connectivity index (χ1v) is 16.2. The maximum Gasteiger partial charge on any atom is 0.303 e. The molecule has 246 valence electrons. The number of hydrogen-bond donors (Lipinski definition) is 4. The molecule has 4 N–H and O–H groups in total. The molecule has 3 aromatic heterocycles. The summed E-state index contributed by atoms with van der Waals surface area (Å²) in [5.41, 5.74) is 12.5. The maximum absolute atomic E-state index is 12.8. The Bertz CT molecular complexity index is 1960. The van der Waals surface area contributed by atoms with E-state index in [4.69, 9.17) is 9.97 Å². The third kappa shape index (κ3) is 7.00. The Kier molecular flexibility index (Phi) is 9.68. The number of aromatic nitrogens is 4. The van der Waals surface area contributed by atoms with Crippen molar-refractivity contribution in [1.29, 1.82) is 0 Å². The van der Waals surface area contributed by atoms with Crippen molar-refractivity contribution in [2.24, 2.45) is 0 Å². The number of allylic oxidation sites excluding steroid dienone is 3. The van der Waals surface area contributed by atoms with Crippen molar-refractivity contribution in [3.8, 4) is 0 Å². The Hall–Kier alpha value is -4.76. The van der Waals surface area contributed by atoms with Crippen LogP contribution in [-0.2, 0) is 27.8 Å². The normalized spacial score (nSPS) is 16.1. The van der Waals surface area contributed by atoms with Gasteiger partial charge in [-0.25, -0.2) is 4.98 Å². The molecule has 0 fully saturated rings. The lowest BCUT2D eigenvalue weighted by atomic mass is 9.80. The molecule has 5 rings (SSSR count). The van der Waals surface area contributed by atoms with Crippen LogP contribution in [0.15, 0.2) is 43.5 Å². The Morgan fingerprint density at radius 1 is 0.957 bits per heavy atom. The first-order chi connectivity index (χ1) is 22.3. The minimum atomic E-state index is -0.828. The fourth-order valence-corrected chi connectivity index (χ4v) is 6.59. The summed E-state index contributed by atoms with van der Waals surface area (Å²) in [6, 6.07) is 8.22. The van der Waals surface area contributed by atoms with Gasteiger partial charge in [-0.3, -0.25) is 14.6 Å². The highest BCUT2D eigenvalue weighted by Gasteiger charge is 2.34. The number of carboxylic acids is 1. The highest BCUT2D eigenvalue weighted by Crippen LogP contribution is 2.38. The number of carboxylic acid groups (broad SMARTS) is 1. The number of aromatic amines is 2. The summed E-state index contributed by atoms with van der Waals surface area (Å²) in [6.07, 6.45) is 5.69. The van der Waals surface area contributed by atoms with Gasteiger partial charge in [0.15, 0.2) is 0 Å². The largest absolute Gasteiger partial charge is 0.481 e. The Morgan fingerprint density at radius 3 is 2.34 bits per heavy atom. The molecule has 0 saturated heterocycles. The van der Waals surface area contributed by atoms with E-state index >= 15 is 0 Å².